The number of hydrogen-bond acceptors (Lipinski definition) is 7. The topological polar surface area (TPSA) is 102 Å². The van der Waals surface area contributed by atoms with E-state index in [4.69, 9.17) is 24.4 Å². The van der Waals surface area contributed by atoms with Crippen molar-refractivity contribution in [2.45, 2.75) is 33.5 Å². The highest BCUT2D eigenvalue weighted by atomic mass is 79.9. The molecule has 4 aromatic rings. The van der Waals surface area contributed by atoms with Crippen LogP contribution in [0.15, 0.2) is 106 Å². The largest absolute Gasteiger partial charge is 0.507 e. The van der Waals surface area contributed by atoms with Gasteiger partial charge in [-0.15, -0.1) is 0 Å². The first-order valence-corrected chi connectivity index (χ1v) is 15.2. The Morgan fingerprint density at radius 1 is 0.622 bits per heavy atom. The molecule has 0 fully saturated rings. The predicted molar refractivity (Wildman–Crippen MR) is 187 cm³/mol. The summed E-state index contributed by atoms with van der Waals surface area (Å²) in [5.74, 6) is 0.771. The molecule has 0 aliphatic heterocycles. The number of aromatic hydroxyl groups is 1. The summed E-state index contributed by atoms with van der Waals surface area (Å²) in [5, 5.41) is 17.5. The minimum atomic E-state index is 0. The first-order chi connectivity index (χ1) is 21.0. The number of carbonyl (C=O) groups excluding carboxylic acids is 2. The van der Waals surface area contributed by atoms with E-state index in [1.165, 1.54) is 17.2 Å². The van der Waals surface area contributed by atoms with Gasteiger partial charge < -0.3 is 24.4 Å². The van der Waals surface area contributed by atoms with E-state index in [9.17, 15) is 9.59 Å². The average Bonchev–Trinajstić information content (AvgIpc) is 3.05. The Morgan fingerprint density at radius 3 is 1.60 bits per heavy atom. The second-order valence-electron chi connectivity index (χ2n) is 8.93. The lowest BCUT2D eigenvalue weighted by Crippen LogP contribution is -2.04. The number of aliphatic hydroxyl groups is 1. The maximum atomic E-state index is 10.8. The highest BCUT2D eigenvalue weighted by Gasteiger charge is 2.05. The van der Waals surface area contributed by atoms with Crippen molar-refractivity contribution in [3.63, 3.8) is 0 Å². The van der Waals surface area contributed by atoms with Crippen LogP contribution in [0, 0.1) is 0 Å². The van der Waals surface area contributed by atoms with Gasteiger partial charge in [0.1, 0.15) is 11.5 Å². The standard InChI is InChI=1S/C17H17BrO3.C10H14O2.C7H5BrO2.CH4.B/c18-17-15(12-19)8-4-9-16(17)21-11-5-10-20-13-14-6-2-1-3-7-14;11-7-4-8-12-9-10-5-2-1-3-6-10;8-7-5(4-9)2-1-3-6(7)10;;/h1-4,6-9,12H,5,10-11,13H2;1-3,5-6,11H,4,7-9H2;1-4,10H;1H4;. The summed E-state index contributed by atoms with van der Waals surface area (Å²) in [7, 11) is 0. The molecular formula is C35H40BBr2O7. The zero-order chi connectivity index (χ0) is 31.1. The zero-order valence-electron chi connectivity index (χ0n) is 24.3. The number of ether oxygens (including phenoxy) is 3. The van der Waals surface area contributed by atoms with E-state index in [1.54, 1.807) is 24.3 Å². The lowest BCUT2D eigenvalue weighted by atomic mass is 10.2. The number of aliphatic hydroxyl groups excluding tert-OH is 1. The average molecular weight is 743 g/mol. The van der Waals surface area contributed by atoms with E-state index in [0.29, 0.717) is 71.6 Å². The first kappa shape index (κ1) is 41.7. The fraction of sp³-hybridized carbons (Fsp3) is 0.257. The number of aldehydes is 2. The summed E-state index contributed by atoms with van der Waals surface area (Å²) in [6, 6.07) is 30.2. The van der Waals surface area contributed by atoms with Gasteiger partial charge in [-0.05, 0) is 61.5 Å². The van der Waals surface area contributed by atoms with Crippen LogP contribution in [-0.4, -0.2) is 57.6 Å². The van der Waals surface area contributed by atoms with Crippen LogP contribution in [-0.2, 0) is 22.7 Å². The van der Waals surface area contributed by atoms with E-state index in [1.807, 2.05) is 66.7 Å². The number of phenolic OH excluding ortho intramolecular Hbond substituents is 1. The van der Waals surface area contributed by atoms with Crippen LogP contribution >= 0.6 is 31.9 Å². The Labute approximate surface area is 285 Å². The first-order valence-electron chi connectivity index (χ1n) is 13.6. The second kappa shape index (κ2) is 26.0. The van der Waals surface area contributed by atoms with Gasteiger partial charge in [0.25, 0.3) is 0 Å². The Balaban J connectivity index is 0.000000689. The maximum absolute atomic E-state index is 10.8. The molecule has 7 nitrogen and oxygen atoms in total. The maximum Gasteiger partial charge on any atom is 0.151 e. The number of rotatable bonds is 14. The molecule has 0 atom stereocenters. The minimum absolute atomic E-state index is 0. The molecule has 0 amide bonds. The fourth-order valence-electron chi connectivity index (χ4n) is 3.40. The molecule has 0 bridgehead atoms. The molecule has 10 heteroatoms. The Hall–Kier alpha value is -3.28. The van der Waals surface area contributed by atoms with Gasteiger partial charge in [0, 0.05) is 39.2 Å². The smallest absolute Gasteiger partial charge is 0.151 e. The number of hydrogen-bond donors (Lipinski definition) is 2. The summed E-state index contributed by atoms with van der Waals surface area (Å²) < 4.78 is 17.7. The highest BCUT2D eigenvalue weighted by Crippen LogP contribution is 2.28. The molecule has 0 saturated carbocycles. The predicted octanol–water partition coefficient (Wildman–Crippen LogP) is 8.06. The van der Waals surface area contributed by atoms with Crippen molar-refractivity contribution in [3.8, 4) is 11.5 Å². The monoisotopic (exact) mass is 741 g/mol. The lowest BCUT2D eigenvalue weighted by Gasteiger charge is -2.09. The number of phenols is 1. The normalized spacial score (nSPS) is 9.58. The van der Waals surface area contributed by atoms with Crippen molar-refractivity contribution < 1.29 is 34.0 Å². The van der Waals surface area contributed by atoms with Crippen molar-refractivity contribution in [1.29, 1.82) is 0 Å². The number of carbonyl (C=O) groups is 2. The number of halogens is 2. The van der Waals surface area contributed by atoms with Crippen molar-refractivity contribution >= 4 is 52.8 Å². The van der Waals surface area contributed by atoms with E-state index < -0.39 is 0 Å². The lowest BCUT2D eigenvalue weighted by molar-refractivity contribution is 0.104. The fourth-order valence-corrected chi connectivity index (χ4v) is 4.23. The minimum Gasteiger partial charge on any atom is -0.507 e. The van der Waals surface area contributed by atoms with Crippen LogP contribution in [0.2, 0.25) is 0 Å². The van der Waals surface area contributed by atoms with Gasteiger partial charge in [-0.3, -0.25) is 9.59 Å². The van der Waals surface area contributed by atoms with Gasteiger partial charge in [-0.25, -0.2) is 0 Å². The van der Waals surface area contributed by atoms with Crippen LogP contribution in [0.4, 0.5) is 0 Å². The number of benzene rings is 4. The molecule has 2 N–H and O–H groups in total. The third-order valence-electron chi connectivity index (χ3n) is 5.62. The summed E-state index contributed by atoms with van der Waals surface area (Å²) >= 11 is 6.43. The van der Waals surface area contributed by atoms with Crippen molar-refractivity contribution in [1.82, 2.24) is 0 Å². The molecule has 3 radical (unpaired) electrons. The SMILES string of the molecule is C.O=Cc1cccc(O)c1Br.O=Cc1cccc(OCCCOCc2ccccc2)c1Br.OCCCOCc1ccccc1.[B]. The van der Waals surface area contributed by atoms with Crippen LogP contribution in [0.1, 0.15) is 52.1 Å². The van der Waals surface area contributed by atoms with Gasteiger partial charge in [0.2, 0.25) is 0 Å². The van der Waals surface area contributed by atoms with Crippen LogP contribution in [0.5, 0.6) is 11.5 Å². The second-order valence-corrected chi connectivity index (χ2v) is 10.5. The summed E-state index contributed by atoms with van der Waals surface area (Å²) in [4.78, 5) is 21.1. The molecule has 45 heavy (non-hydrogen) atoms. The molecule has 4 rings (SSSR count). The molecule has 239 valence electrons. The van der Waals surface area contributed by atoms with Crippen LogP contribution in [0.3, 0.4) is 0 Å². The van der Waals surface area contributed by atoms with Crippen LogP contribution < -0.4 is 4.74 Å². The van der Waals surface area contributed by atoms with Gasteiger partial charge in [0.05, 0.1) is 35.4 Å². The summed E-state index contributed by atoms with van der Waals surface area (Å²) in [5.41, 5.74) is 3.39. The molecule has 0 aromatic heterocycles. The van der Waals surface area contributed by atoms with Gasteiger partial charge in [0.15, 0.2) is 12.6 Å². The van der Waals surface area contributed by atoms with Gasteiger partial charge >= 0.3 is 0 Å². The van der Waals surface area contributed by atoms with Gasteiger partial charge in [-0.1, -0.05) is 92.4 Å². The Kier molecular flexibility index (Phi) is 24.1. The molecule has 0 unspecified atom stereocenters. The van der Waals surface area contributed by atoms with Crippen molar-refractivity contribution in [2.24, 2.45) is 0 Å². The molecule has 0 heterocycles. The highest BCUT2D eigenvalue weighted by molar-refractivity contribution is 9.11. The van der Waals surface area contributed by atoms with Crippen LogP contribution in [0.25, 0.3) is 0 Å². The van der Waals surface area contributed by atoms with E-state index in [-0.39, 0.29) is 28.2 Å². The molecule has 0 spiro atoms. The van der Waals surface area contributed by atoms with E-state index >= 15 is 0 Å². The molecule has 4 aromatic carbocycles. The van der Waals surface area contributed by atoms with Crippen molar-refractivity contribution in [2.75, 3.05) is 26.4 Å². The molecule has 0 aliphatic rings. The Bertz CT molecular complexity index is 1340. The zero-order valence-corrected chi connectivity index (χ0v) is 27.5. The van der Waals surface area contributed by atoms with Crippen molar-refractivity contribution in [3.05, 3.63) is 128 Å². The van der Waals surface area contributed by atoms with Gasteiger partial charge in [-0.2, -0.15) is 0 Å². The van der Waals surface area contributed by atoms with E-state index in [0.717, 1.165) is 12.7 Å². The summed E-state index contributed by atoms with van der Waals surface area (Å²) in [6.07, 6.45) is 3.00. The third kappa shape index (κ3) is 17.1. The summed E-state index contributed by atoms with van der Waals surface area (Å²) in [6.45, 7) is 3.28. The van der Waals surface area contributed by atoms with E-state index in [2.05, 4.69) is 31.9 Å². The molecular weight excluding hydrogens is 703 g/mol. The quantitative estimate of drug-likeness (QED) is 0.0766. The molecule has 0 aliphatic carbocycles. The third-order valence-corrected chi connectivity index (χ3v) is 7.33. The molecule has 0 saturated heterocycles. The Morgan fingerprint density at radius 2 is 1.11 bits per heavy atom.